The number of nitrogens with one attached hydrogen (secondary N) is 1. The zero-order valence-electron chi connectivity index (χ0n) is 16.7. The van der Waals surface area contributed by atoms with Gasteiger partial charge in [-0.3, -0.25) is 14.2 Å². The van der Waals surface area contributed by atoms with Crippen molar-refractivity contribution in [1.82, 2.24) is 9.55 Å². The minimum Gasteiger partial charge on any atom is -0.323 e. The molecule has 162 valence electrons. The Bertz CT molecular complexity index is 1360. The third-order valence-electron chi connectivity index (χ3n) is 4.64. The molecule has 5 nitrogen and oxygen atoms in total. The summed E-state index contributed by atoms with van der Waals surface area (Å²) < 4.78 is 1.52. The Balaban J connectivity index is 1.67. The molecule has 4 rings (SSSR count). The van der Waals surface area contributed by atoms with E-state index in [1.807, 2.05) is 37.3 Å². The van der Waals surface area contributed by atoms with Crippen LogP contribution in [-0.2, 0) is 4.79 Å². The number of para-hydroxylation sites is 1. The molecular formula is C23H16Cl3N3O2S. The van der Waals surface area contributed by atoms with Gasteiger partial charge in [0.25, 0.3) is 5.56 Å². The first-order valence-electron chi connectivity index (χ1n) is 9.49. The van der Waals surface area contributed by atoms with E-state index in [4.69, 9.17) is 34.8 Å². The number of amides is 1. The molecule has 0 spiro atoms. The number of rotatable bonds is 5. The predicted molar refractivity (Wildman–Crippen MR) is 133 cm³/mol. The zero-order valence-corrected chi connectivity index (χ0v) is 19.8. The van der Waals surface area contributed by atoms with Gasteiger partial charge in [-0.15, -0.1) is 0 Å². The number of fused-ring (bicyclic) bond motifs is 1. The molecule has 0 saturated carbocycles. The fourth-order valence-electron chi connectivity index (χ4n) is 3.10. The predicted octanol–water partition coefficient (Wildman–Crippen LogP) is 6.39. The number of thioether (sulfide) groups is 1. The third-order valence-corrected chi connectivity index (χ3v) is 6.39. The highest BCUT2D eigenvalue weighted by Crippen LogP contribution is 2.34. The standard InChI is InChI=1S/C23H16Cl3N3O2S/c1-13-6-8-15(9-7-13)29-22(31)16-4-2-3-5-19(16)27-23(29)32-12-20(30)28-21-17(25)10-14(24)11-18(21)26/h2-11H,12H2,1H3,(H,28,30). The van der Waals surface area contributed by atoms with Gasteiger partial charge in [-0.1, -0.05) is 76.4 Å². The summed E-state index contributed by atoms with van der Waals surface area (Å²) in [5.74, 6) is -0.356. The molecule has 0 atom stereocenters. The summed E-state index contributed by atoms with van der Waals surface area (Å²) in [6, 6.07) is 17.7. The van der Waals surface area contributed by atoms with Gasteiger partial charge >= 0.3 is 0 Å². The number of aromatic nitrogens is 2. The quantitative estimate of drug-likeness (QED) is 0.253. The monoisotopic (exact) mass is 503 g/mol. The van der Waals surface area contributed by atoms with Crippen LogP contribution in [0.3, 0.4) is 0 Å². The summed E-state index contributed by atoms with van der Waals surface area (Å²) in [6.45, 7) is 1.97. The van der Waals surface area contributed by atoms with Crippen molar-refractivity contribution in [3.05, 3.63) is 91.6 Å². The lowest BCUT2D eigenvalue weighted by atomic mass is 10.2. The van der Waals surface area contributed by atoms with Gasteiger partial charge in [-0.2, -0.15) is 0 Å². The van der Waals surface area contributed by atoms with Crippen LogP contribution >= 0.6 is 46.6 Å². The van der Waals surface area contributed by atoms with Gasteiger partial charge in [0.15, 0.2) is 5.16 Å². The Labute approximate surface area is 203 Å². The SMILES string of the molecule is Cc1ccc(-n2c(SCC(=O)Nc3c(Cl)cc(Cl)cc3Cl)nc3ccccc3c2=O)cc1. The van der Waals surface area contributed by atoms with Crippen LogP contribution in [0.15, 0.2) is 70.6 Å². The molecule has 1 aromatic heterocycles. The molecule has 1 N–H and O–H groups in total. The van der Waals surface area contributed by atoms with E-state index in [-0.39, 0.29) is 33.0 Å². The van der Waals surface area contributed by atoms with E-state index < -0.39 is 0 Å². The molecule has 3 aromatic carbocycles. The molecule has 1 heterocycles. The van der Waals surface area contributed by atoms with Crippen molar-refractivity contribution in [3.63, 3.8) is 0 Å². The van der Waals surface area contributed by atoms with Crippen molar-refractivity contribution in [2.75, 3.05) is 11.1 Å². The lowest BCUT2D eigenvalue weighted by Crippen LogP contribution is -2.23. The minimum absolute atomic E-state index is 0.00801. The van der Waals surface area contributed by atoms with Crippen LogP contribution in [0.2, 0.25) is 15.1 Å². The Hall–Kier alpha value is -2.51. The van der Waals surface area contributed by atoms with E-state index in [0.29, 0.717) is 26.8 Å². The van der Waals surface area contributed by atoms with Gasteiger partial charge in [0.1, 0.15) is 0 Å². The second kappa shape index (κ2) is 9.55. The molecule has 9 heteroatoms. The molecule has 0 radical (unpaired) electrons. The molecule has 32 heavy (non-hydrogen) atoms. The number of nitrogens with zero attached hydrogens (tertiary/aromatic N) is 2. The van der Waals surface area contributed by atoms with E-state index in [2.05, 4.69) is 10.3 Å². The van der Waals surface area contributed by atoms with E-state index >= 15 is 0 Å². The molecule has 0 aliphatic heterocycles. The first-order chi connectivity index (χ1) is 15.3. The Kier molecular flexibility index (Phi) is 6.76. The van der Waals surface area contributed by atoms with Crippen LogP contribution < -0.4 is 10.9 Å². The van der Waals surface area contributed by atoms with Crippen molar-refractivity contribution in [2.45, 2.75) is 12.1 Å². The summed E-state index contributed by atoms with van der Waals surface area (Å²) in [4.78, 5) is 30.5. The van der Waals surface area contributed by atoms with E-state index in [0.717, 1.165) is 17.3 Å². The average Bonchev–Trinajstić information content (AvgIpc) is 2.76. The van der Waals surface area contributed by atoms with Gasteiger partial charge in [0.05, 0.1) is 38.1 Å². The van der Waals surface area contributed by atoms with E-state index in [1.54, 1.807) is 18.2 Å². The first-order valence-corrected chi connectivity index (χ1v) is 11.6. The highest BCUT2D eigenvalue weighted by atomic mass is 35.5. The van der Waals surface area contributed by atoms with Crippen LogP contribution in [0.1, 0.15) is 5.56 Å². The van der Waals surface area contributed by atoms with E-state index in [9.17, 15) is 9.59 Å². The fraction of sp³-hybridized carbons (Fsp3) is 0.0870. The zero-order chi connectivity index (χ0) is 22.8. The van der Waals surface area contributed by atoms with Crippen LogP contribution in [0.25, 0.3) is 16.6 Å². The number of hydrogen-bond donors (Lipinski definition) is 1. The van der Waals surface area contributed by atoms with Crippen molar-refractivity contribution in [2.24, 2.45) is 0 Å². The van der Waals surface area contributed by atoms with E-state index in [1.165, 1.54) is 16.7 Å². The van der Waals surface area contributed by atoms with Crippen molar-refractivity contribution in [3.8, 4) is 5.69 Å². The van der Waals surface area contributed by atoms with Gasteiger partial charge in [-0.25, -0.2) is 4.98 Å². The molecule has 1 amide bonds. The van der Waals surface area contributed by atoms with Crippen molar-refractivity contribution >= 4 is 69.1 Å². The molecule has 4 aromatic rings. The minimum atomic E-state index is -0.348. The molecule has 0 aliphatic carbocycles. The number of benzene rings is 3. The van der Waals surface area contributed by atoms with Crippen molar-refractivity contribution < 1.29 is 4.79 Å². The Morgan fingerprint density at radius 2 is 1.69 bits per heavy atom. The van der Waals surface area contributed by atoms with Crippen LogP contribution in [0.5, 0.6) is 0 Å². The fourth-order valence-corrected chi connectivity index (χ4v) is 4.82. The van der Waals surface area contributed by atoms with Crippen LogP contribution in [0, 0.1) is 6.92 Å². The smallest absolute Gasteiger partial charge is 0.266 e. The summed E-state index contributed by atoms with van der Waals surface area (Å²) >= 11 is 19.4. The van der Waals surface area contributed by atoms with Gasteiger partial charge in [0.2, 0.25) is 5.91 Å². The highest BCUT2D eigenvalue weighted by Gasteiger charge is 2.16. The van der Waals surface area contributed by atoms with Crippen molar-refractivity contribution in [1.29, 1.82) is 0 Å². The molecule has 0 saturated heterocycles. The van der Waals surface area contributed by atoms with Gasteiger partial charge < -0.3 is 5.32 Å². The van der Waals surface area contributed by atoms with Gasteiger partial charge in [-0.05, 0) is 43.3 Å². The summed E-state index contributed by atoms with van der Waals surface area (Å²) in [7, 11) is 0. The topological polar surface area (TPSA) is 64.0 Å². The molecule has 0 unspecified atom stereocenters. The second-order valence-corrected chi connectivity index (χ2v) is 9.16. The maximum absolute atomic E-state index is 13.3. The average molecular weight is 505 g/mol. The molecular weight excluding hydrogens is 489 g/mol. The summed E-state index contributed by atoms with van der Waals surface area (Å²) in [5.41, 5.74) is 2.39. The lowest BCUT2D eigenvalue weighted by Gasteiger charge is -2.14. The largest absolute Gasteiger partial charge is 0.323 e. The van der Waals surface area contributed by atoms with Gasteiger partial charge in [0, 0.05) is 5.02 Å². The first kappa shape index (κ1) is 22.7. The maximum Gasteiger partial charge on any atom is 0.266 e. The Morgan fingerprint density at radius 3 is 2.38 bits per heavy atom. The molecule has 0 bridgehead atoms. The summed E-state index contributed by atoms with van der Waals surface area (Å²) in [6.07, 6.45) is 0. The summed E-state index contributed by atoms with van der Waals surface area (Å²) in [5, 5.41) is 4.45. The van der Waals surface area contributed by atoms with Crippen LogP contribution in [0.4, 0.5) is 5.69 Å². The number of carbonyl (C=O) groups excluding carboxylic acids is 1. The molecule has 0 fully saturated rings. The molecule has 0 aliphatic rings. The second-order valence-electron chi connectivity index (χ2n) is 6.97. The van der Waals surface area contributed by atoms with Crippen LogP contribution in [-0.4, -0.2) is 21.2 Å². The number of anilines is 1. The normalized spacial score (nSPS) is 11.0. The number of hydrogen-bond acceptors (Lipinski definition) is 4. The third kappa shape index (κ3) is 4.79. The number of halogens is 3. The highest BCUT2D eigenvalue weighted by molar-refractivity contribution is 7.99. The lowest BCUT2D eigenvalue weighted by molar-refractivity contribution is -0.113. The number of carbonyl (C=O) groups is 1. The maximum atomic E-state index is 13.3. The number of aryl methyl sites for hydroxylation is 1. The Morgan fingerprint density at radius 1 is 1.03 bits per heavy atom.